The second-order valence-corrected chi connectivity index (χ2v) is 4.36. The van der Waals surface area contributed by atoms with Gasteiger partial charge in [0, 0.05) is 25.7 Å². The summed E-state index contributed by atoms with van der Waals surface area (Å²) >= 11 is 0. The van der Waals surface area contributed by atoms with Gasteiger partial charge in [-0.2, -0.15) is 0 Å². The van der Waals surface area contributed by atoms with Crippen LogP contribution in [0.1, 0.15) is 19.8 Å². The molecular formula is C10H19N3O. The van der Waals surface area contributed by atoms with Gasteiger partial charge in [0.05, 0.1) is 0 Å². The van der Waals surface area contributed by atoms with Crippen molar-refractivity contribution in [2.45, 2.75) is 25.8 Å². The molecule has 2 aliphatic heterocycles. The summed E-state index contributed by atoms with van der Waals surface area (Å²) < 4.78 is 0. The lowest BCUT2D eigenvalue weighted by molar-refractivity contribution is 0.195. The minimum absolute atomic E-state index is 0.101. The number of rotatable bonds is 2. The maximum Gasteiger partial charge on any atom is 0.317 e. The Balaban J connectivity index is 1.86. The highest BCUT2D eigenvalue weighted by atomic mass is 16.2. The molecular weight excluding hydrogens is 178 g/mol. The van der Waals surface area contributed by atoms with Crippen LogP contribution >= 0.6 is 0 Å². The Morgan fingerprint density at radius 3 is 3.00 bits per heavy atom. The zero-order valence-electron chi connectivity index (χ0n) is 8.75. The number of hydrogen-bond acceptors (Lipinski definition) is 2. The molecule has 4 nitrogen and oxygen atoms in total. The van der Waals surface area contributed by atoms with Gasteiger partial charge in [-0.15, -0.1) is 0 Å². The fourth-order valence-corrected chi connectivity index (χ4v) is 2.28. The normalized spacial score (nSPS) is 33.2. The van der Waals surface area contributed by atoms with Crippen LogP contribution in [0.4, 0.5) is 4.79 Å². The Kier molecular flexibility index (Phi) is 2.91. The Bertz CT molecular complexity index is 219. The zero-order chi connectivity index (χ0) is 9.97. The molecule has 0 spiro atoms. The molecule has 2 saturated heterocycles. The summed E-state index contributed by atoms with van der Waals surface area (Å²) in [6.45, 7) is 5.91. The number of nitrogens with one attached hydrogen (secondary N) is 2. The van der Waals surface area contributed by atoms with E-state index in [2.05, 4.69) is 17.6 Å². The summed E-state index contributed by atoms with van der Waals surface area (Å²) in [6, 6.07) is 0.595. The van der Waals surface area contributed by atoms with E-state index in [1.165, 1.54) is 12.8 Å². The Morgan fingerprint density at radius 1 is 1.50 bits per heavy atom. The van der Waals surface area contributed by atoms with Crippen molar-refractivity contribution in [3.8, 4) is 0 Å². The van der Waals surface area contributed by atoms with E-state index >= 15 is 0 Å². The summed E-state index contributed by atoms with van der Waals surface area (Å²) in [4.78, 5) is 13.3. The van der Waals surface area contributed by atoms with E-state index in [1.807, 2.05) is 4.90 Å². The molecule has 2 amide bonds. The van der Waals surface area contributed by atoms with Crippen LogP contribution in [-0.4, -0.2) is 43.2 Å². The summed E-state index contributed by atoms with van der Waals surface area (Å²) in [5.41, 5.74) is 0. The molecule has 2 atom stereocenters. The fourth-order valence-electron chi connectivity index (χ4n) is 2.28. The van der Waals surface area contributed by atoms with Gasteiger partial charge in [-0.25, -0.2) is 4.79 Å². The van der Waals surface area contributed by atoms with Crippen LogP contribution in [0, 0.1) is 5.92 Å². The number of carbonyl (C=O) groups excluding carboxylic acids is 1. The molecule has 0 aromatic rings. The molecule has 2 rings (SSSR count). The van der Waals surface area contributed by atoms with E-state index in [-0.39, 0.29) is 6.03 Å². The summed E-state index contributed by atoms with van der Waals surface area (Å²) in [6.07, 6.45) is 2.55. The summed E-state index contributed by atoms with van der Waals surface area (Å²) in [7, 11) is 0. The van der Waals surface area contributed by atoms with Crippen LogP contribution in [0.25, 0.3) is 0 Å². The van der Waals surface area contributed by atoms with E-state index in [9.17, 15) is 4.79 Å². The Hall–Kier alpha value is -0.770. The van der Waals surface area contributed by atoms with Crippen molar-refractivity contribution >= 4 is 6.03 Å². The molecule has 2 fully saturated rings. The number of carbonyl (C=O) groups is 1. The molecule has 2 aliphatic rings. The lowest BCUT2D eigenvalue weighted by Gasteiger charge is -2.32. The molecule has 2 unspecified atom stereocenters. The lowest BCUT2D eigenvalue weighted by atomic mass is 9.92. The second kappa shape index (κ2) is 4.17. The Labute approximate surface area is 85.0 Å². The van der Waals surface area contributed by atoms with Crippen molar-refractivity contribution < 1.29 is 4.79 Å². The van der Waals surface area contributed by atoms with E-state index < -0.39 is 0 Å². The molecule has 0 radical (unpaired) electrons. The van der Waals surface area contributed by atoms with Crippen molar-refractivity contribution in [2.75, 3.05) is 26.2 Å². The third kappa shape index (κ3) is 2.00. The minimum Gasteiger partial charge on any atom is -0.336 e. The van der Waals surface area contributed by atoms with Crippen LogP contribution in [0.2, 0.25) is 0 Å². The number of nitrogens with zero attached hydrogens (tertiary/aromatic N) is 1. The smallest absolute Gasteiger partial charge is 0.317 e. The van der Waals surface area contributed by atoms with Gasteiger partial charge in [0.2, 0.25) is 0 Å². The highest BCUT2D eigenvalue weighted by molar-refractivity contribution is 5.76. The summed E-state index contributed by atoms with van der Waals surface area (Å²) in [5, 5.41) is 6.33. The SMILES string of the molecule is CC1CCCNC1CN1CCNC1=O. The molecule has 2 heterocycles. The molecule has 2 N–H and O–H groups in total. The first-order chi connectivity index (χ1) is 6.77. The van der Waals surface area contributed by atoms with Crippen molar-refractivity contribution in [1.82, 2.24) is 15.5 Å². The first kappa shape index (κ1) is 9.77. The number of hydrogen-bond donors (Lipinski definition) is 2. The lowest BCUT2D eigenvalue weighted by Crippen LogP contribution is -2.48. The van der Waals surface area contributed by atoms with E-state index in [4.69, 9.17) is 0 Å². The molecule has 80 valence electrons. The maximum atomic E-state index is 11.3. The molecule has 4 heteroatoms. The average molecular weight is 197 g/mol. The van der Waals surface area contributed by atoms with Crippen LogP contribution in [0.15, 0.2) is 0 Å². The predicted octanol–water partition coefficient (Wildman–Crippen LogP) is 0.400. The standard InChI is InChI=1S/C10H19N3O/c1-8-3-2-4-11-9(8)7-13-6-5-12-10(13)14/h8-9,11H,2-7H2,1H3,(H,12,14). The second-order valence-electron chi connectivity index (χ2n) is 4.36. The quantitative estimate of drug-likeness (QED) is 0.673. The zero-order valence-corrected chi connectivity index (χ0v) is 8.75. The van der Waals surface area contributed by atoms with Gasteiger partial charge in [0.25, 0.3) is 0 Å². The van der Waals surface area contributed by atoms with Gasteiger partial charge in [0.1, 0.15) is 0 Å². The van der Waals surface area contributed by atoms with Crippen molar-refractivity contribution in [1.29, 1.82) is 0 Å². The third-order valence-corrected chi connectivity index (χ3v) is 3.29. The number of urea groups is 1. The average Bonchev–Trinajstić information content (AvgIpc) is 2.56. The molecule has 0 saturated carbocycles. The van der Waals surface area contributed by atoms with Crippen LogP contribution in [0.5, 0.6) is 0 Å². The van der Waals surface area contributed by atoms with E-state index in [0.29, 0.717) is 12.0 Å². The van der Waals surface area contributed by atoms with Gasteiger partial charge < -0.3 is 15.5 Å². The number of amides is 2. The monoisotopic (exact) mass is 197 g/mol. The highest BCUT2D eigenvalue weighted by Gasteiger charge is 2.27. The summed E-state index contributed by atoms with van der Waals surface area (Å²) in [5.74, 6) is 0.692. The van der Waals surface area contributed by atoms with Crippen molar-refractivity contribution in [2.24, 2.45) is 5.92 Å². The maximum absolute atomic E-state index is 11.3. The molecule has 14 heavy (non-hydrogen) atoms. The minimum atomic E-state index is 0.101. The van der Waals surface area contributed by atoms with Crippen molar-refractivity contribution in [3.05, 3.63) is 0 Å². The molecule has 0 aromatic carbocycles. The van der Waals surface area contributed by atoms with E-state index in [1.54, 1.807) is 0 Å². The predicted molar refractivity (Wildman–Crippen MR) is 55.2 cm³/mol. The third-order valence-electron chi connectivity index (χ3n) is 3.29. The molecule has 0 aliphatic carbocycles. The highest BCUT2D eigenvalue weighted by Crippen LogP contribution is 2.16. The van der Waals surface area contributed by atoms with Gasteiger partial charge >= 0.3 is 6.03 Å². The first-order valence-corrected chi connectivity index (χ1v) is 5.53. The van der Waals surface area contributed by atoms with Crippen LogP contribution in [0.3, 0.4) is 0 Å². The molecule has 0 bridgehead atoms. The van der Waals surface area contributed by atoms with Gasteiger partial charge in [-0.3, -0.25) is 0 Å². The van der Waals surface area contributed by atoms with Gasteiger partial charge in [0.15, 0.2) is 0 Å². The van der Waals surface area contributed by atoms with Crippen molar-refractivity contribution in [3.63, 3.8) is 0 Å². The molecule has 0 aromatic heterocycles. The fraction of sp³-hybridized carbons (Fsp3) is 0.900. The Morgan fingerprint density at radius 2 is 2.36 bits per heavy atom. The van der Waals surface area contributed by atoms with Crippen LogP contribution < -0.4 is 10.6 Å². The topological polar surface area (TPSA) is 44.4 Å². The van der Waals surface area contributed by atoms with E-state index in [0.717, 1.165) is 26.2 Å². The van der Waals surface area contributed by atoms with Gasteiger partial charge in [-0.1, -0.05) is 6.92 Å². The first-order valence-electron chi connectivity index (χ1n) is 5.53. The largest absolute Gasteiger partial charge is 0.336 e. The number of piperidine rings is 1. The van der Waals surface area contributed by atoms with Gasteiger partial charge in [-0.05, 0) is 25.3 Å². The van der Waals surface area contributed by atoms with Crippen LogP contribution in [-0.2, 0) is 0 Å².